The van der Waals surface area contributed by atoms with Gasteiger partial charge in [0.25, 0.3) is 0 Å². The van der Waals surface area contributed by atoms with E-state index in [1.165, 1.54) is 5.57 Å². The van der Waals surface area contributed by atoms with Crippen molar-refractivity contribution in [2.45, 2.75) is 27.2 Å². The van der Waals surface area contributed by atoms with E-state index in [0.717, 1.165) is 25.4 Å². The summed E-state index contributed by atoms with van der Waals surface area (Å²) in [5.41, 5.74) is 1.37. The van der Waals surface area contributed by atoms with Crippen molar-refractivity contribution < 1.29 is 4.74 Å². The Labute approximate surface area is 81.6 Å². The molecule has 0 fully saturated rings. The molecule has 0 amide bonds. The van der Waals surface area contributed by atoms with Crippen molar-refractivity contribution in [2.24, 2.45) is 5.41 Å². The highest BCUT2D eigenvalue weighted by atomic mass is 32.1. The lowest BCUT2D eigenvalue weighted by Gasteiger charge is -2.21. The summed E-state index contributed by atoms with van der Waals surface area (Å²) in [7, 11) is 0. The third-order valence-electron chi connectivity index (χ3n) is 1.59. The number of hydrogen-bond acceptors (Lipinski definition) is 2. The van der Waals surface area contributed by atoms with E-state index in [-0.39, 0.29) is 5.41 Å². The van der Waals surface area contributed by atoms with E-state index in [2.05, 4.69) is 33.1 Å². The summed E-state index contributed by atoms with van der Waals surface area (Å²) in [5, 5.41) is 0. The van der Waals surface area contributed by atoms with Gasteiger partial charge >= 0.3 is 0 Å². The van der Waals surface area contributed by atoms with Crippen LogP contribution in [0.1, 0.15) is 27.2 Å². The molecule has 0 rings (SSSR count). The normalized spacial score (nSPS) is 11.7. The zero-order chi connectivity index (χ0) is 9.61. The highest BCUT2D eigenvalue weighted by Crippen LogP contribution is 2.16. The lowest BCUT2D eigenvalue weighted by Crippen LogP contribution is -2.21. The minimum absolute atomic E-state index is 0.193. The molecule has 0 aromatic heterocycles. The van der Waals surface area contributed by atoms with Crippen LogP contribution < -0.4 is 0 Å². The van der Waals surface area contributed by atoms with Crippen molar-refractivity contribution in [3.63, 3.8) is 0 Å². The van der Waals surface area contributed by atoms with Crippen molar-refractivity contribution in [3.8, 4) is 0 Å². The maximum Gasteiger partial charge on any atom is 0.0525 e. The first-order valence-corrected chi connectivity index (χ1v) is 4.94. The number of ether oxygens (including phenoxy) is 1. The molecule has 0 aliphatic carbocycles. The Morgan fingerprint density at radius 1 is 1.50 bits per heavy atom. The molecule has 0 bridgehead atoms. The fourth-order valence-electron chi connectivity index (χ4n) is 0.641. The number of rotatable bonds is 6. The molecule has 0 aromatic carbocycles. The second-order valence-electron chi connectivity index (χ2n) is 4.08. The summed E-state index contributed by atoms with van der Waals surface area (Å²) in [6, 6.07) is 0. The second-order valence-corrected chi connectivity index (χ2v) is 4.40. The standard InChI is InChI=1S/C10H20OS/c1-9(2)5-6-11-7-10(3,4)8-12/h12H,1,5-8H2,2-4H3. The summed E-state index contributed by atoms with van der Waals surface area (Å²) in [6.07, 6.45) is 0.961. The Bertz CT molecular complexity index is 141. The predicted octanol–water partition coefficient (Wildman–Crippen LogP) is 2.93. The van der Waals surface area contributed by atoms with Crippen LogP contribution in [0, 0.1) is 5.41 Å². The third kappa shape index (κ3) is 6.74. The fourth-order valence-corrected chi connectivity index (χ4v) is 0.732. The molecule has 0 atom stereocenters. The molecule has 0 aliphatic rings. The average Bonchev–Trinajstić information content (AvgIpc) is 1.98. The maximum absolute atomic E-state index is 5.49. The molecule has 1 nitrogen and oxygen atoms in total. The van der Waals surface area contributed by atoms with Crippen LogP contribution in [0.25, 0.3) is 0 Å². The Hall–Kier alpha value is 0.0500. The van der Waals surface area contributed by atoms with Gasteiger partial charge < -0.3 is 4.74 Å². The van der Waals surface area contributed by atoms with Gasteiger partial charge in [0, 0.05) is 0 Å². The molecule has 0 saturated heterocycles. The van der Waals surface area contributed by atoms with Crippen molar-refractivity contribution in [3.05, 3.63) is 12.2 Å². The van der Waals surface area contributed by atoms with Crippen LogP contribution in [0.2, 0.25) is 0 Å². The SMILES string of the molecule is C=C(C)CCOCC(C)(C)CS. The fraction of sp³-hybridized carbons (Fsp3) is 0.800. The number of thiol groups is 1. The molecular weight excluding hydrogens is 168 g/mol. The zero-order valence-electron chi connectivity index (χ0n) is 8.39. The molecule has 0 aliphatic heterocycles. The Morgan fingerprint density at radius 3 is 2.50 bits per heavy atom. The molecule has 72 valence electrons. The monoisotopic (exact) mass is 188 g/mol. The molecule has 0 N–H and O–H groups in total. The first-order valence-electron chi connectivity index (χ1n) is 4.31. The van der Waals surface area contributed by atoms with Gasteiger partial charge in [-0.15, -0.1) is 6.58 Å². The van der Waals surface area contributed by atoms with Gasteiger partial charge in [-0.1, -0.05) is 19.4 Å². The molecule has 0 unspecified atom stereocenters. The van der Waals surface area contributed by atoms with Gasteiger partial charge in [-0.2, -0.15) is 12.6 Å². The van der Waals surface area contributed by atoms with Crippen LogP contribution in [0.15, 0.2) is 12.2 Å². The van der Waals surface area contributed by atoms with Crippen molar-refractivity contribution >= 4 is 12.6 Å². The van der Waals surface area contributed by atoms with E-state index in [1.807, 2.05) is 6.92 Å². The van der Waals surface area contributed by atoms with Crippen molar-refractivity contribution in [1.29, 1.82) is 0 Å². The lowest BCUT2D eigenvalue weighted by atomic mass is 9.98. The topological polar surface area (TPSA) is 9.23 Å². The second kappa shape index (κ2) is 5.65. The van der Waals surface area contributed by atoms with Crippen molar-refractivity contribution in [1.82, 2.24) is 0 Å². The van der Waals surface area contributed by atoms with Gasteiger partial charge in [0.2, 0.25) is 0 Å². The van der Waals surface area contributed by atoms with E-state index in [1.54, 1.807) is 0 Å². The zero-order valence-corrected chi connectivity index (χ0v) is 9.29. The minimum Gasteiger partial charge on any atom is -0.381 e. The molecule has 0 saturated carbocycles. The highest BCUT2D eigenvalue weighted by molar-refractivity contribution is 7.80. The van der Waals surface area contributed by atoms with Gasteiger partial charge in [-0.05, 0) is 24.5 Å². The largest absolute Gasteiger partial charge is 0.381 e. The summed E-state index contributed by atoms with van der Waals surface area (Å²) >= 11 is 4.25. The van der Waals surface area contributed by atoms with Crippen LogP contribution in [0.5, 0.6) is 0 Å². The summed E-state index contributed by atoms with van der Waals surface area (Å²) in [4.78, 5) is 0. The van der Waals surface area contributed by atoms with E-state index in [0.29, 0.717) is 0 Å². The Balaban J connectivity index is 3.37. The number of hydrogen-bond donors (Lipinski definition) is 1. The Morgan fingerprint density at radius 2 is 2.08 bits per heavy atom. The van der Waals surface area contributed by atoms with E-state index in [9.17, 15) is 0 Å². The average molecular weight is 188 g/mol. The van der Waals surface area contributed by atoms with Crippen LogP contribution in [-0.2, 0) is 4.74 Å². The summed E-state index contributed by atoms with van der Waals surface area (Å²) < 4.78 is 5.49. The Kier molecular flexibility index (Phi) is 5.68. The van der Waals surface area contributed by atoms with Crippen LogP contribution in [-0.4, -0.2) is 19.0 Å². The maximum atomic E-state index is 5.49. The van der Waals surface area contributed by atoms with Gasteiger partial charge in [0.05, 0.1) is 13.2 Å². The molecule has 0 heterocycles. The van der Waals surface area contributed by atoms with Crippen LogP contribution in [0.3, 0.4) is 0 Å². The lowest BCUT2D eigenvalue weighted by molar-refractivity contribution is 0.0757. The first-order chi connectivity index (χ1) is 5.48. The smallest absolute Gasteiger partial charge is 0.0525 e. The van der Waals surface area contributed by atoms with Crippen molar-refractivity contribution in [2.75, 3.05) is 19.0 Å². The molecule has 0 radical (unpaired) electrons. The van der Waals surface area contributed by atoms with Gasteiger partial charge in [0.1, 0.15) is 0 Å². The third-order valence-corrected chi connectivity index (χ3v) is 2.45. The molecule has 0 spiro atoms. The van der Waals surface area contributed by atoms with Crippen LogP contribution in [0.4, 0.5) is 0 Å². The van der Waals surface area contributed by atoms with Gasteiger partial charge in [-0.25, -0.2) is 0 Å². The summed E-state index contributed by atoms with van der Waals surface area (Å²) in [5.74, 6) is 0.861. The minimum atomic E-state index is 0.193. The molecular formula is C10H20OS. The molecule has 0 aromatic rings. The van der Waals surface area contributed by atoms with Gasteiger partial charge in [-0.3, -0.25) is 0 Å². The first kappa shape index (κ1) is 12.0. The summed E-state index contributed by atoms with van der Waals surface area (Å²) in [6.45, 7) is 11.7. The van der Waals surface area contributed by atoms with E-state index >= 15 is 0 Å². The highest BCUT2D eigenvalue weighted by Gasteiger charge is 2.15. The molecule has 12 heavy (non-hydrogen) atoms. The van der Waals surface area contributed by atoms with E-state index in [4.69, 9.17) is 4.74 Å². The molecule has 2 heteroatoms. The van der Waals surface area contributed by atoms with E-state index < -0.39 is 0 Å². The predicted molar refractivity (Wildman–Crippen MR) is 57.9 cm³/mol. The van der Waals surface area contributed by atoms with Gasteiger partial charge in [0.15, 0.2) is 0 Å². The van der Waals surface area contributed by atoms with Crippen LogP contribution >= 0.6 is 12.6 Å². The quantitative estimate of drug-likeness (QED) is 0.383.